The zero-order valence-electron chi connectivity index (χ0n) is 18.7. The fourth-order valence-electron chi connectivity index (χ4n) is 5.80. The summed E-state index contributed by atoms with van der Waals surface area (Å²) in [6.45, 7) is 3.32. The molecule has 1 saturated heterocycles. The first-order valence-corrected chi connectivity index (χ1v) is 11.3. The molecule has 180 valence electrons. The molecule has 5 rings (SSSR count). The maximum atomic E-state index is 13.5. The molecule has 1 aromatic carbocycles. The summed E-state index contributed by atoms with van der Waals surface area (Å²) >= 11 is 0. The van der Waals surface area contributed by atoms with Crippen molar-refractivity contribution in [3.05, 3.63) is 52.1 Å². The number of aliphatic hydroxyl groups is 4. The Balaban J connectivity index is 1.62. The van der Waals surface area contributed by atoms with Crippen molar-refractivity contribution in [2.45, 2.75) is 68.7 Å². The van der Waals surface area contributed by atoms with E-state index in [1.807, 2.05) is 0 Å². The van der Waals surface area contributed by atoms with Crippen molar-refractivity contribution in [2.24, 2.45) is 5.92 Å². The van der Waals surface area contributed by atoms with Crippen LogP contribution >= 0.6 is 0 Å². The number of benzene rings is 1. The highest BCUT2D eigenvalue weighted by atomic mass is 16.5. The van der Waals surface area contributed by atoms with Crippen molar-refractivity contribution in [3.63, 3.8) is 0 Å². The Morgan fingerprint density at radius 2 is 1.76 bits per heavy atom. The van der Waals surface area contributed by atoms with Gasteiger partial charge in [-0.3, -0.25) is 14.4 Å². The predicted molar refractivity (Wildman–Crippen MR) is 116 cm³/mol. The van der Waals surface area contributed by atoms with Gasteiger partial charge in [0, 0.05) is 29.5 Å². The van der Waals surface area contributed by atoms with Crippen molar-refractivity contribution in [1.29, 1.82) is 0 Å². The highest BCUT2D eigenvalue weighted by Crippen LogP contribution is 2.51. The zero-order chi connectivity index (χ0) is 24.7. The largest absolute Gasteiger partial charge is 0.507 e. The molecule has 34 heavy (non-hydrogen) atoms. The van der Waals surface area contributed by atoms with E-state index < -0.39 is 64.3 Å². The lowest BCUT2D eigenvalue weighted by atomic mass is 9.58. The van der Waals surface area contributed by atoms with Gasteiger partial charge in [-0.1, -0.05) is 19.1 Å². The second-order valence-corrected chi connectivity index (χ2v) is 9.90. The lowest BCUT2D eigenvalue weighted by Crippen LogP contribution is -2.66. The minimum absolute atomic E-state index is 0.0341. The van der Waals surface area contributed by atoms with Crippen LogP contribution in [0.1, 0.15) is 65.5 Å². The number of ketones is 3. The Labute approximate surface area is 195 Å². The van der Waals surface area contributed by atoms with Crippen molar-refractivity contribution in [3.8, 4) is 5.75 Å². The fourth-order valence-corrected chi connectivity index (χ4v) is 5.80. The number of aliphatic hydroxyl groups excluding tert-OH is 2. The molecule has 9 heteroatoms. The standard InChI is InChI=1S/C25H26O9/c1-10-7-17(27)25(33)19-14(5-6-24(25,32)9-10)22(30)18-13(23(19)31)4-3-12(21(18)29)16-8-15(26)20(28)11(2)34-16/h3-6,10-11,15-16,20,26,28-29,32-33H,7-9H2,1-2H3/t10?,11-,15-,16-,20-,24+,25+/m1/s1. The van der Waals surface area contributed by atoms with Gasteiger partial charge in [0.2, 0.25) is 0 Å². The third kappa shape index (κ3) is 2.88. The molecule has 0 bridgehead atoms. The molecule has 1 unspecified atom stereocenters. The number of carbonyl (C=O) groups excluding carboxylic acids is 3. The number of phenols is 1. The molecule has 0 amide bonds. The van der Waals surface area contributed by atoms with Crippen LogP contribution in [-0.2, 0) is 9.53 Å². The van der Waals surface area contributed by atoms with Gasteiger partial charge in [0.15, 0.2) is 23.0 Å². The quantitative estimate of drug-likeness (QED) is 0.397. The lowest BCUT2D eigenvalue weighted by molar-refractivity contribution is -0.166. The maximum absolute atomic E-state index is 13.5. The molecule has 1 aromatic rings. The van der Waals surface area contributed by atoms with Crippen LogP contribution in [0.2, 0.25) is 0 Å². The number of rotatable bonds is 1. The number of aromatic hydroxyl groups is 1. The van der Waals surface area contributed by atoms with Gasteiger partial charge < -0.3 is 30.3 Å². The van der Waals surface area contributed by atoms with Gasteiger partial charge in [-0.25, -0.2) is 0 Å². The fraction of sp³-hybridized carbons (Fsp3) is 0.480. The van der Waals surface area contributed by atoms with Gasteiger partial charge in [0.1, 0.15) is 17.5 Å². The maximum Gasteiger partial charge on any atom is 0.198 e. The highest BCUT2D eigenvalue weighted by molar-refractivity contribution is 6.31. The topological polar surface area (TPSA) is 162 Å². The number of ether oxygens (including phenoxy) is 1. The number of fused-ring (bicyclic) bond motifs is 3. The SMILES string of the molecule is CC1CC(=O)[C@]2(O)C3=C(C=C[C@]2(O)C1)C(=O)c1c(ccc([C@H]2C[C@@H](O)[C@H](O)[C@@H](C)O2)c1O)C3=O. The molecule has 7 atom stereocenters. The van der Waals surface area contributed by atoms with Crippen LogP contribution in [0.5, 0.6) is 5.75 Å². The molecule has 4 aliphatic rings. The number of phenolic OH excluding ortho intramolecular Hbond substituents is 1. The first-order chi connectivity index (χ1) is 15.9. The van der Waals surface area contributed by atoms with E-state index >= 15 is 0 Å². The van der Waals surface area contributed by atoms with E-state index in [1.54, 1.807) is 13.8 Å². The number of allylic oxidation sites excluding steroid dienone is 2. The summed E-state index contributed by atoms with van der Waals surface area (Å²) in [5.74, 6) is -3.08. The zero-order valence-corrected chi connectivity index (χ0v) is 18.7. The van der Waals surface area contributed by atoms with E-state index in [4.69, 9.17) is 4.74 Å². The van der Waals surface area contributed by atoms with Crippen LogP contribution in [-0.4, -0.2) is 72.4 Å². The highest BCUT2D eigenvalue weighted by Gasteiger charge is 2.63. The van der Waals surface area contributed by atoms with Crippen molar-refractivity contribution in [1.82, 2.24) is 0 Å². The summed E-state index contributed by atoms with van der Waals surface area (Å²) in [5.41, 5.74) is -5.66. The molecule has 2 fully saturated rings. The Hall–Kier alpha value is -2.69. The molecule has 3 aliphatic carbocycles. The minimum Gasteiger partial charge on any atom is -0.507 e. The molecule has 1 saturated carbocycles. The van der Waals surface area contributed by atoms with E-state index in [0.29, 0.717) is 0 Å². The van der Waals surface area contributed by atoms with Crippen LogP contribution < -0.4 is 0 Å². The summed E-state index contributed by atoms with van der Waals surface area (Å²) in [6, 6.07) is 2.68. The molecule has 0 aromatic heterocycles. The molecule has 0 spiro atoms. The van der Waals surface area contributed by atoms with Crippen LogP contribution in [0.25, 0.3) is 0 Å². The molecular weight excluding hydrogens is 444 g/mol. The Kier molecular flexibility index (Phi) is 5.02. The normalized spacial score (nSPS) is 39.6. The summed E-state index contributed by atoms with van der Waals surface area (Å²) in [6.07, 6.45) is -1.44. The van der Waals surface area contributed by atoms with E-state index in [-0.39, 0.29) is 47.4 Å². The van der Waals surface area contributed by atoms with Crippen LogP contribution in [0.4, 0.5) is 0 Å². The Morgan fingerprint density at radius 3 is 2.44 bits per heavy atom. The van der Waals surface area contributed by atoms with Gasteiger partial charge in [-0.2, -0.15) is 0 Å². The Bertz CT molecular complexity index is 1190. The summed E-state index contributed by atoms with van der Waals surface area (Å²) < 4.78 is 5.71. The van der Waals surface area contributed by atoms with E-state index in [0.717, 1.165) is 0 Å². The second-order valence-electron chi connectivity index (χ2n) is 9.90. The third-order valence-corrected chi connectivity index (χ3v) is 7.59. The average molecular weight is 470 g/mol. The van der Waals surface area contributed by atoms with E-state index in [1.165, 1.54) is 24.3 Å². The first-order valence-electron chi connectivity index (χ1n) is 11.3. The number of carbonyl (C=O) groups is 3. The van der Waals surface area contributed by atoms with E-state index in [2.05, 4.69) is 0 Å². The van der Waals surface area contributed by atoms with Crippen LogP contribution in [0, 0.1) is 5.92 Å². The monoisotopic (exact) mass is 470 g/mol. The van der Waals surface area contributed by atoms with Crippen LogP contribution in [0.15, 0.2) is 35.4 Å². The number of Topliss-reactive ketones (excluding diaryl/α,β-unsaturated/α-hetero) is 3. The molecule has 9 nitrogen and oxygen atoms in total. The molecular formula is C25H26O9. The molecule has 1 heterocycles. The second kappa shape index (κ2) is 7.40. The van der Waals surface area contributed by atoms with Gasteiger partial charge >= 0.3 is 0 Å². The van der Waals surface area contributed by atoms with Gasteiger partial charge in [-0.05, 0) is 31.4 Å². The van der Waals surface area contributed by atoms with Gasteiger partial charge in [0.25, 0.3) is 0 Å². The first kappa shape index (κ1) is 23.1. The molecule has 5 N–H and O–H groups in total. The summed E-state index contributed by atoms with van der Waals surface area (Å²) in [5, 5.41) is 53.7. The summed E-state index contributed by atoms with van der Waals surface area (Å²) in [7, 11) is 0. The predicted octanol–water partition coefficient (Wildman–Crippen LogP) is 0.670. The summed E-state index contributed by atoms with van der Waals surface area (Å²) in [4.78, 5) is 39.9. The minimum atomic E-state index is -2.57. The smallest absolute Gasteiger partial charge is 0.198 e. The van der Waals surface area contributed by atoms with Crippen LogP contribution in [0.3, 0.4) is 0 Å². The van der Waals surface area contributed by atoms with Crippen molar-refractivity contribution < 1.29 is 44.7 Å². The molecule has 1 aliphatic heterocycles. The lowest BCUT2D eigenvalue weighted by Gasteiger charge is -2.49. The number of hydrogen-bond acceptors (Lipinski definition) is 9. The molecule has 0 radical (unpaired) electrons. The average Bonchev–Trinajstić information content (AvgIpc) is 2.76. The Morgan fingerprint density at radius 1 is 1.06 bits per heavy atom. The number of hydrogen-bond donors (Lipinski definition) is 5. The van der Waals surface area contributed by atoms with E-state index in [9.17, 15) is 39.9 Å². The van der Waals surface area contributed by atoms with Crippen molar-refractivity contribution in [2.75, 3.05) is 0 Å². The van der Waals surface area contributed by atoms with Gasteiger partial charge in [-0.15, -0.1) is 0 Å². The van der Waals surface area contributed by atoms with Gasteiger partial charge in [0.05, 0.1) is 29.4 Å². The third-order valence-electron chi connectivity index (χ3n) is 7.59. The van der Waals surface area contributed by atoms with Crippen molar-refractivity contribution >= 4 is 17.3 Å².